The number of hydrogen-bond acceptors (Lipinski definition) is 8. The summed E-state index contributed by atoms with van der Waals surface area (Å²) in [6.45, 7) is 3.63. The molecule has 4 rings (SSSR count). The number of nitrogens with one attached hydrogen (secondary N) is 1. The summed E-state index contributed by atoms with van der Waals surface area (Å²) in [4.78, 5) is 50.6. The highest BCUT2D eigenvalue weighted by molar-refractivity contribution is 7.89. The summed E-state index contributed by atoms with van der Waals surface area (Å²) in [5.74, 6) is -2.08. The van der Waals surface area contributed by atoms with E-state index in [0.29, 0.717) is 18.7 Å². The van der Waals surface area contributed by atoms with Gasteiger partial charge in [-0.2, -0.15) is 4.31 Å². The zero-order valence-electron chi connectivity index (χ0n) is 21.1. The van der Waals surface area contributed by atoms with E-state index in [1.165, 1.54) is 55.5 Å². The smallest absolute Gasteiger partial charge is 0.338 e. The Labute approximate surface area is 220 Å². The third kappa shape index (κ3) is 5.77. The lowest BCUT2D eigenvalue weighted by Gasteiger charge is -2.29. The summed E-state index contributed by atoms with van der Waals surface area (Å²) in [5, 5.41) is 2.58. The van der Waals surface area contributed by atoms with Crippen molar-refractivity contribution in [3.8, 4) is 0 Å². The van der Waals surface area contributed by atoms with Crippen LogP contribution in [-0.2, 0) is 33.9 Å². The Balaban J connectivity index is 1.63. The van der Waals surface area contributed by atoms with Crippen LogP contribution in [0.3, 0.4) is 0 Å². The molecule has 0 bridgehead atoms. The van der Waals surface area contributed by atoms with Gasteiger partial charge in [-0.3, -0.25) is 14.4 Å². The maximum Gasteiger partial charge on any atom is 0.338 e. The summed E-state index contributed by atoms with van der Waals surface area (Å²) in [6, 6.07) is 10.1. The Bertz CT molecular complexity index is 1320. The maximum atomic E-state index is 13.8. The first-order chi connectivity index (χ1) is 18.1. The second-order valence-corrected chi connectivity index (χ2v) is 10.9. The molecule has 2 fully saturated rings. The molecule has 0 radical (unpaired) electrons. The van der Waals surface area contributed by atoms with Crippen molar-refractivity contribution in [2.24, 2.45) is 0 Å². The van der Waals surface area contributed by atoms with Crippen LogP contribution in [-0.4, -0.2) is 68.3 Å². The van der Waals surface area contributed by atoms with Crippen molar-refractivity contribution in [1.29, 1.82) is 0 Å². The van der Waals surface area contributed by atoms with Gasteiger partial charge in [-0.1, -0.05) is 0 Å². The predicted octanol–water partition coefficient (Wildman–Crippen LogP) is 2.32. The van der Waals surface area contributed by atoms with Gasteiger partial charge in [0.05, 0.1) is 35.3 Å². The minimum Gasteiger partial charge on any atom is -0.462 e. The lowest BCUT2D eigenvalue weighted by atomic mass is 10.2. The zero-order chi connectivity index (χ0) is 27.4. The summed E-state index contributed by atoms with van der Waals surface area (Å²) < 4.78 is 39.2. The van der Waals surface area contributed by atoms with Gasteiger partial charge in [-0.15, -0.1) is 0 Å². The van der Waals surface area contributed by atoms with Crippen LogP contribution in [0.4, 0.5) is 11.4 Å². The Morgan fingerprint density at radius 3 is 2.37 bits per heavy atom. The second-order valence-electron chi connectivity index (χ2n) is 8.97. The van der Waals surface area contributed by atoms with Crippen molar-refractivity contribution in [2.75, 3.05) is 30.0 Å². The van der Waals surface area contributed by atoms with E-state index in [1.54, 1.807) is 6.92 Å². The molecule has 2 aliphatic heterocycles. The second kappa shape index (κ2) is 11.4. The normalized spacial score (nSPS) is 19.7. The molecule has 2 aromatic rings. The van der Waals surface area contributed by atoms with Gasteiger partial charge in [0.25, 0.3) is 5.91 Å². The molecule has 2 saturated heterocycles. The van der Waals surface area contributed by atoms with E-state index in [2.05, 4.69) is 5.32 Å². The van der Waals surface area contributed by atoms with Crippen molar-refractivity contribution in [3.05, 3.63) is 54.1 Å². The van der Waals surface area contributed by atoms with Gasteiger partial charge in [0.2, 0.25) is 21.8 Å². The first-order valence-electron chi connectivity index (χ1n) is 12.3. The largest absolute Gasteiger partial charge is 0.462 e. The molecule has 0 aliphatic carbocycles. The van der Waals surface area contributed by atoms with Crippen LogP contribution < -0.4 is 10.2 Å². The number of hydrogen-bond donors (Lipinski definition) is 1. The number of ether oxygens (including phenoxy) is 2. The van der Waals surface area contributed by atoms with E-state index in [0.717, 1.165) is 15.6 Å². The molecule has 2 aromatic carbocycles. The van der Waals surface area contributed by atoms with Crippen molar-refractivity contribution in [3.63, 3.8) is 0 Å². The zero-order valence-corrected chi connectivity index (χ0v) is 21.9. The molecule has 0 spiro atoms. The number of esters is 1. The summed E-state index contributed by atoms with van der Waals surface area (Å²) in [7, 11) is -4.22. The van der Waals surface area contributed by atoms with E-state index in [9.17, 15) is 27.6 Å². The SMILES string of the molecule is CCOC(=O)c1ccc(N2C(=O)CC(N(CC3CCCO3)S(=O)(=O)c3ccc(NC(C)=O)cc3)C2=O)cc1. The number of imide groups is 1. The summed E-state index contributed by atoms with van der Waals surface area (Å²) >= 11 is 0. The van der Waals surface area contributed by atoms with Crippen LogP contribution in [0.2, 0.25) is 0 Å². The minimum atomic E-state index is -4.22. The minimum absolute atomic E-state index is 0.0814. The maximum absolute atomic E-state index is 13.8. The van der Waals surface area contributed by atoms with Crippen molar-refractivity contribution >= 4 is 45.1 Å². The van der Waals surface area contributed by atoms with Crippen molar-refractivity contribution in [1.82, 2.24) is 4.31 Å². The van der Waals surface area contributed by atoms with Gasteiger partial charge in [-0.25, -0.2) is 18.1 Å². The first-order valence-corrected chi connectivity index (χ1v) is 13.7. The van der Waals surface area contributed by atoms with Gasteiger partial charge >= 0.3 is 5.97 Å². The van der Waals surface area contributed by atoms with E-state index in [1.807, 2.05) is 0 Å². The molecule has 11 nitrogen and oxygen atoms in total. The average molecular weight is 544 g/mol. The molecular weight excluding hydrogens is 514 g/mol. The Morgan fingerprint density at radius 2 is 1.79 bits per heavy atom. The lowest BCUT2D eigenvalue weighted by molar-refractivity contribution is -0.122. The molecule has 2 unspecified atom stereocenters. The molecular formula is C26H29N3O8S. The number of carbonyl (C=O) groups is 4. The third-order valence-corrected chi connectivity index (χ3v) is 8.18. The number of rotatable bonds is 9. The number of carbonyl (C=O) groups excluding carboxylic acids is 4. The van der Waals surface area contributed by atoms with Crippen molar-refractivity contribution < 1.29 is 37.1 Å². The molecule has 2 heterocycles. The molecule has 2 aliphatic rings. The van der Waals surface area contributed by atoms with Gasteiger partial charge in [0.1, 0.15) is 6.04 Å². The highest BCUT2D eigenvalue weighted by atomic mass is 32.2. The van der Waals surface area contributed by atoms with Gasteiger partial charge in [0.15, 0.2) is 0 Å². The number of benzene rings is 2. The molecule has 202 valence electrons. The van der Waals surface area contributed by atoms with Gasteiger partial charge < -0.3 is 14.8 Å². The van der Waals surface area contributed by atoms with E-state index in [4.69, 9.17) is 9.47 Å². The lowest BCUT2D eigenvalue weighted by Crippen LogP contribution is -2.48. The highest BCUT2D eigenvalue weighted by Crippen LogP contribution is 2.31. The van der Waals surface area contributed by atoms with Gasteiger partial charge in [-0.05, 0) is 68.3 Å². The summed E-state index contributed by atoms with van der Waals surface area (Å²) in [6.07, 6.45) is 0.639. The Morgan fingerprint density at radius 1 is 1.11 bits per heavy atom. The van der Waals surface area contributed by atoms with Crippen molar-refractivity contribution in [2.45, 2.75) is 50.2 Å². The molecule has 3 amide bonds. The highest BCUT2D eigenvalue weighted by Gasteiger charge is 2.47. The average Bonchev–Trinajstić information content (AvgIpc) is 3.50. The van der Waals surface area contributed by atoms with E-state index >= 15 is 0 Å². The van der Waals surface area contributed by atoms with Crippen LogP contribution in [0, 0.1) is 0 Å². The monoisotopic (exact) mass is 543 g/mol. The van der Waals surface area contributed by atoms with Crippen LogP contribution in [0.15, 0.2) is 53.4 Å². The van der Waals surface area contributed by atoms with E-state index in [-0.39, 0.29) is 41.6 Å². The molecule has 2 atom stereocenters. The topological polar surface area (TPSA) is 139 Å². The fraction of sp³-hybridized carbons (Fsp3) is 0.385. The molecule has 12 heteroatoms. The quantitative estimate of drug-likeness (QED) is 0.376. The fourth-order valence-electron chi connectivity index (χ4n) is 4.50. The molecule has 38 heavy (non-hydrogen) atoms. The first kappa shape index (κ1) is 27.4. The third-order valence-electron chi connectivity index (χ3n) is 6.30. The molecule has 0 saturated carbocycles. The van der Waals surface area contributed by atoms with Gasteiger partial charge in [0, 0.05) is 25.8 Å². The van der Waals surface area contributed by atoms with E-state index < -0.39 is 40.0 Å². The van der Waals surface area contributed by atoms with Crippen LogP contribution in [0.1, 0.15) is 43.5 Å². The number of anilines is 2. The van der Waals surface area contributed by atoms with Crippen LogP contribution in [0.5, 0.6) is 0 Å². The molecule has 0 aromatic heterocycles. The Hall–Kier alpha value is -3.61. The van der Waals surface area contributed by atoms with Crippen LogP contribution in [0.25, 0.3) is 0 Å². The summed E-state index contributed by atoms with van der Waals surface area (Å²) in [5.41, 5.74) is 0.910. The standard InChI is InChI=1S/C26H29N3O8S/c1-3-36-26(33)18-6-10-20(11-7-18)29-24(31)15-23(25(29)32)28(16-21-5-4-14-37-21)38(34,35)22-12-8-19(9-13-22)27-17(2)30/h6-13,21,23H,3-5,14-16H2,1-2H3,(H,27,30). The number of nitrogens with zero attached hydrogens (tertiary/aromatic N) is 2. The number of amides is 3. The van der Waals surface area contributed by atoms with Crippen LogP contribution >= 0.6 is 0 Å². The molecule has 1 N–H and O–H groups in total. The Kier molecular flexibility index (Phi) is 8.24. The number of sulfonamides is 1. The predicted molar refractivity (Wildman–Crippen MR) is 137 cm³/mol. The fourth-order valence-corrected chi connectivity index (χ4v) is 6.12.